The Hall–Kier alpha value is -2.47. The molecule has 1 aromatic heterocycles. The fraction of sp³-hybridized carbons (Fsp3) is 0.111. The van der Waals surface area contributed by atoms with E-state index in [4.69, 9.17) is 0 Å². The van der Waals surface area contributed by atoms with Crippen molar-refractivity contribution in [2.75, 3.05) is 5.32 Å². The van der Waals surface area contributed by atoms with Gasteiger partial charge in [-0.2, -0.15) is 5.10 Å². The summed E-state index contributed by atoms with van der Waals surface area (Å²) in [5.41, 5.74) is 1.91. The molecular formula is C18H15BrFN3O. The number of amides is 1. The maximum absolute atomic E-state index is 13.8. The molecule has 0 saturated heterocycles. The number of nitrogens with zero attached hydrogens (tertiary/aromatic N) is 2. The van der Waals surface area contributed by atoms with Crippen LogP contribution in [0.1, 0.15) is 21.6 Å². The van der Waals surface area contributed by atoms with E-state index in [0.29, 0.717) is 28.0 Å². The van der Waals surface area contributed by atoms with Crippen LogP contribution in [-0.4, -0.2) is 15.7 Å². The van der Waals surface area contributed by atoms with E-state index < -0.39 is 0 Å². The Morgan fingerprint density at radius 3 is 2.67 bits per heavy atom. The quantitative estimate of drug-likeness (QED) is 0.721. The Balaban J connectivity index is 1.78. The summed E-state index contributed by atoms with van der Waals surface area (Å²) in [6, 6.07) is 15.5. The molecule has 0 radical (unpaired) electrons. The average Bonchev–Trinajstić information content (AvgIpc) is 2.89. The second-order valence-corrected chi connectivity index (χ2v) is 6.21. The molecule has 0 spiro atoms. The van der Waals surface area contributed by atoms with Crippen LogP contribution in [0.5, 0.6) is 0 Å². The fourth-order valence-electron chi connectivity index (χ4n) is 2.35. The van der Waals surface area contributed by atoms with Gasteiger partial charge in [-0.25, -0.2) is 4.39 Å². The Bertz CT molecular complexity index is 891. The molecule has 0 aliphatic carbocycles. The molecule has 1 N–H and O–H groups in total. The summed E-state index contributed by atoms with van der Waals surface area (Å²) < 4.78 is 16.1. The summed E-state index contributed by atoms with van der Waals surface area (Å²) >= 11 is 3.35. The second kappa shape index (κ2) is 6.97. The summed E-state index contributed by atoms with van der Waals surface area (Å²) in [5.74, 6) is -0.0891. The van der Waals surface area contributed by atoms with E-state index in [0.717, 1.165) is 5.69 Å². The lowest BCUT2D eigenvalue weighted by molar-refractivity contribution is 0.102. The zero-order valence-corrected chi connectivity index (χ0v) is 14.5. The van der Waals surface area contributed by atoms with Gasteiger partial charge in [0.1, 0.15) is 5.82 Å². The van der Waals surface area contributed by atoms with E-state index in [1.54, 1.807) is 47.1 Å². The molecule has 0 bridgehead atoms. The Labute approximate surface area is 147 Å². The number of aromatic nitrogens is 2. The summed E-state index contributed by atoms with van der Waals surface area (Å²) in [7, 11) is 0. The van der Waals surface area contributed by atoms with Gasteiger partial charge in [-0.15, -0.1) is 0 Å². The number of carbonyl (C=O) groups excluding carboxylic acids is 1. The van der Waals surface area contributed by atoms with Crippen molar-refractivity contribution in [2.24, 2.45) is 0 Å². The van der Waals surface area contributed by atoms with Gasteiger partial charge in [-0.05, 0) is 41.1 Å². The number of carbonyl (C=O) groups is 1. The van der Waals surface area contributed by atoms with Crippen molar-refractivity contribution in [1.82, 2.24) is 9.78 Å². The summed E-state index contributed by atoms with van der Waals surface area (Å²) in [6.45, 7) is 2.17. The molecule has 2 aromatic carbocycles. The minimum Gasteiger partial charge on any atom is -0.305 e. The molecule has 0 aliphatic rings. The predicted octanol–water partition coefficient (Wildman–Crippen LogP) is 4.39. The van der Waals surface area contributed by atoms with Crippen LogP contribution < -0.4 is 5.32 Å². The molecule has 0 unspecified atom stereocenters. The molecule has 122 valence electrons. The third kappa shape index (κ3) is 3.54. The van der Waals surface area contributed by atoms with Crippen LogP contribution in [0, 0.1) is 12.7 Å². The lowest BCUT2D eigenvalue weighted by atomic mass is 10.2. The summed E-state index contributed by atoms with van der Waals surface area (Å²) in [5, 5.41) is 7.11. The van der Waals surface area contributed by atoms with E-state index in [-0.39, 0.29) is 11.7 Å². The summed E-state index contributed by atoms with van der Waals surface area (Å²) in [6.07, 6.45) is 0. The molecule has 0 aliphatic heterocycles. The van der Waals surface area contributed by atoms with Gasteiger partial charge in [0.25, 0.3) is 5.91 Å². The molecule has 3 aromatic rings. The number of hydrogen-bond donors (Lipinski definition) is 1. The van der Waals surface area contributed by atoms with Gasteiger partial charge in [-0.3, -0.25) is 9.48 Å². The number of aryl methyl sites for hydroxylation is 1. The molecule has 1 amide bonds. The lowest BCUT2D eigenvalue weighted by Crippen LogP contribution is -2.13. The molecule has 0 saturated carbocycles. The largest absolute Gasteiger partial charge is 0.305 e. The van der Waals surface area contributed by atoms with E-state index in [1.165, 1.54) is 6.07 Å². The van der Waals surface area contributed by atoms with E-state index in [9.17, 15) is 9.18 Å². The second-order valence-electron chi connectivity index (χ2n) is 5.35. The van der Waals surface area contributed by atoms with E-state index >= 15 is 0 Å². The molecule has 0 fully saturated rings. The van der Waals surface area contributed by atoms with Crippen molar-refractivity contribution in [3.8, 4) is 0 Å². The first-order valence-electron chi connectivity index (χ1n) is 7.38. The highest BCUT2D eigenvalue weighted by molar-refractivity contribution is 9.10. The van der Waals surface area contributed by atoms with Crippen molar-refractivity contribution in [2.45, 2.75) is 13.5 Å². The number of halogens is 2. The molecule has 4 nitrogen and oxygen atoms in total. The van der Waals surface area contributed by atoms with Gasteiger partial charge in [0.15, 0.2) is 5.82 Å². The zero-order chi connectivity index (χ0) is 17.1. The van der Waals surface area contributed by atoms with Crippen LogP contribution in [0.4, 0.5) is 10.2 Å². The van der Waals surface area contributed by atoms with Gasteiger partial charge >= 0.3 is 0 Å². The minimum atomic E-state index is -0.272. The van der Waals surface area contributed by atoms with E-state index in [2.05, 4.69) is 26.3 Å². The van der Waals surface area contributed by atoms with Crippen LogP contribution in [-0.2, 0) is 6.54 Å². The highest BCUT2D eigenvalue weighted by Gasteiger charge is 2.13. The van der Waals surface area contributed by atoms with Crippen LogP contribution in [0.2, 0.25) is 0 Å². The fourth-order valence-corrected chi connectivity index (χ4v) is 2.81. The third-order valence-corrected chi connectivity index (χ3v) is 4.31. The van der Waals surface area contributed by atoms with Crippen LogP contribution in [0.3, 0.4) is 0 Å². The first kappa shape index (κ1) is 16.4. The van der Waals surface area contributed by atoms with Gasteiger partial charge in [-0.1, -0.05) is 30.3 Å². The van der Waals surface area contributed by atoms with E-state index in [1.807, 2.05) is 13.0 Å². The normalized spacial score (nSPS) is 10.6. The van der Waals surface area contributed by atoms with Gasteiger partial charge in [0.05, 0.1) is 12.1 Å². The molecule has 0 atom stereocenters. The van der Waals surface area contributed by atoms with Crippen molar-refractivity contribution in [3.63, 3.8) is 0 Å². The first-order valence-corrected chi connectivity index (χ1v) is 8.17. The zero-order valence-electron chi connectivity index (χ0n) is 13.0. The van der Waals surface area contributed by atoms with Crippen molar-refractivity contribution in [1.29, 1.82) is 0 Å². The van der Waals surface area contributed by atoms with Gasteiger partial charge in [0.2, 0.25) is 0 Å². The maximum Gasteiger partial charge on any atom is 0.258 e. The molecule has 24 heavy (non-hydrogen) atoms. The maximum atomic E-state index is 13.8. The Morgan fingerprint density at radius 1 is 1.21 bits per heavy atom. The molecular weight excluding hydrogens is 373 g/mol. The SMILES string of the molecule is Cc1cc(NC(=O)c2ccccc2Br)nn1Cc1ccccc1F. The van der Waals surface area contributed by atoms with Crippen LogP contribution in [0.25, 0.3) is 0 Å². The number of rotatable bonds is 4. The summed E-state index contributed by atoms with van der Waals surface area (Å²) in [4.78, 5) is 12.3. The third-order valence-electron chi connectivity index (χ3n) is 3.62. The standard InChI is InChI=1S/C18H15BrFN3O/c1-12-10-17(21-18(24)14-7-3-4-8-15(14)19)22-23(12)11-13-6-2-5-9-16(13)20/h2-10H,11H2,1H3,(H,21,22,24). The number of nitrogens with one attached hydrogen (secondary N) is 1. The van der Waals surface area contributed by atoms with Crippen molar-refractivity contribution in [3.05, 3.63) is 81.7 Å². The van der Waals surface area contributed by atoms with Gasteiger partial charge in [0, 0.05) is 21.8 Å². The van der Waals surface area contributed by atoms with Crippen molar-refractivity contribution >= 4 is 27.7 Å². The van der Waals surface area contributed by atoms with Crippen LogP contribution >= 0.6 is 15.9 Å². The molecule has 6 heteroatoms. The van der Waals surface area contributed by atoms with Gasteiger partial charge < -0.3 is 5.32 Å². The average molecular weight is 388 g/mol. The lowest BCUT2D eigenvalue weighted by Gasteiger charge is -2.06. The highest BCUT2D eigenvalue weighted by Crippen LogP contribution is 2.18. The molecule has 1 heterocycles. The van der Waals surface area contributed by atoms with Crippen molar-refractivity contribution < 1.29 is 9.18 Å². The number of benzene rings is 2. The predicted molar refractivity (Wildman–Crippen MR) is 94.6 cm³/mol. The Morgan fingerprint density at radius 2 is 1.92 bits per heavy atom. The smallest absolute Gasteiger partial charge is 0.258 e. The van der Waals surface area contributed by atoms with Crippen LogP contribution in [0.15, 0.2) is 59.1 Å². The number of hydrogen-bond acceptors (Lipinski definition) is 2. The Kier molecular flexibility index (Phi) is 4.76. The minimum absolute atomic E-state index is 0.252. The number of anilines is 1. The monoisotopic (exact) mass is 387 g/mol. The first-order chi connectivity index (χ1) is 11.5. The molecule has 3 rings (SSSR count). The highest BCUT2D eigenvalue weighted by atomic mass is 79.9. The topological polar surface area (TPSA) is 46.9 Å².